The number of tetrazole rings is 1. The number of amides is 3. The van der Waals surface area contributed by atoms with Gasteiger partial charge in [0.15, 0.2) is 5.82 Å². The van der Waals surface area contributed by atoms with Gasteiger partial charge in [-0.2, -0.15) is 0 Å². The number of urea groups is 1. The first-order valence-corrected chi connectivity index (χ1v) is 8.98. The summed E-state index contributed by atoms with van der Waals surface area (Å²) < 4.78 is 1.68. The number of carbonyl (C=O) groups is 2. The smallest absolute Gasteiger partial charge is 0.323 e. The number of nitrogens with one attached hydrogen (secondary N) is 1. The summed E-state index contributed by atoms with van der Waals surface area (Å²) in [6.07, 6.45) is 6.56. The Bertz CT molecular complexity index is 605. The summed E-state index contributed by atoms with van der Waals surface area (Å²) in [4.78, 5) is 26.6. The van der Waals surface area contributed by atoms with Crippen LogP contribution < -0.4 is 5.32 Å². The maximum absolute atomic E-state index is 12.9. The molecule has 3 amide bonds. The lowest BCUT2D eigenvalue weighted by Crippen LogP contribution is -2.49. The number of aryl methyl sites for hydroxylation is 1. The normalized spacial score (nSPS) is 27.1. The molecule has 8 heteroatoms. The first kappa shape index (κ1) is 16.9. The van der Waals surface area contributed by atoms with Crippen molar-refractivity contribution in [1.82, 2.24) is 30.4 Å². The van der Waals surface area contributed by atoms with E-state index in [1.165, 1.54) is 4.90 Å². The van der Waals surface area contributed by atoms with Crippen LogP contribution >= 0.6 is 0 Å². The number of aromatic nitrogens is 4. The Labute approximate surface area is 142 Å². The van der Waals surface area contributed by atoms with Gasteiger partial charge in [0.1, 0.15) is 5.54 Å². The van der Waals surface area contributed by atoms with Crippen LogP contribution in [0.25, 0.3) is 0 Å². The van der Waals surface area contributed by atoms with E-state index in [2.05, 4.69) is 34.7 Å². The molecule has 1 aliphatic carbocycles. The molecule has 1 saturated heterocycles. The fourth-order valence-corrected chi connectivity index (χ4v) is 3.70. The fraction of sp³-hybridized carbons (Fsp3) is 0.812. The summed E-state index contributed by atoms with van der Waals surface area (Å²) in [6, 6.07) is -0.319. The molecule has 1 aromatic rings. The van der Waals surface area contributed by atoms with E-state index in [-0.39, 0.29) is 18.5 Å². The first-order valence-electron chi connectivity index (χ1n) is 8.98. The topological polar surface area (TPSA) is 93.0 Å². The van der Waals surface area contributed by atoms with Crippen LogP contribution in [0, 0.1) is 5.92 Å². The number of unbranched alkanes of at least 4 members (excludes halogenated alkanes) is 1. The van der Waals surface area contributed by atoms with Gasteiger partial charge in [-0.3, -0.25) is 9.69 Å². The van der Waals surface area contributed by atoms with E-state index in [1.54, 1.807) is 4.68 Å². The minimum atomic E-state index is -0.704. The van der Waals surface area contributed by atoms with Crippen molar-refractivity contribution in [1.29, 1.82) is 0 Å². The minimum absolute atomic E-state index is 0.118. The van der Waals surface area contributed by atoms with Crippen LogP contribution in [0.5, 0.6) is 0 Å². The van der Waals surface area contributed by atoms with Gasteiger partial charge in [-0.05, 0) is 48.4 Å². The molecule has 3 rings (SSSR count). The summed E-state index contributed by atoms with van der Waals surface area (Å²) in [5, 5.41) is 14.6. The highest BCUT2D eigenvalue weighted by Crippen LogP contribution is 2.37. The van der Waals surface area contributed by atoms with Crippen molar-refractivity contribution in [2.45, 2.75) is 77.4 Å². The van der Waals surface area contributed by atoms with Gasteiger partial charge in [0.2, 0.25) is 0 Å². The minimum Gasteiger partial charge on any atom is -0.323 e. The Hall–Kier alpha value is -1.99. The second kappa shape index (κ2) is 6.86. The molecule has 8 nitrogen and oxygen atoms in total. The molecule has 2 aliphatic rings. The van der Waals surface area contributed by atoms with Crippen molar-refractivity contribution >= 4 is 11.9 Å². The second-order valence-corrected chi connectivity index (χ2v) is 6.93. The van der Waals surface area contributed by atoms with Crippen molar-refractivity contribution < 1.29 is 9.59 Å². The quantitative estimate of drug-likeness (QED) is 0.802. The van der Waals surface area contributed by atoms with Crippen LogP contribution in [-0.4, -0.2) is 42.6 Å². The maximum atomic E-state index is 12.9. The van der Waals surface area contributed by atoms with Gasteiger partial charge in [-0.1, -0.05) is 26.7 Å². The van der Waals surface area contributed by atoms with Gasteiger partial charge in [-0.25, -0.2) is 9.48 Å². The Morgan fingerprint density at radius 1 is 1.25 bits per heavy atom. The Morgan fingerprint density at radius 2 is 2.00 bits per heavy atom. The molecule has 1 spiro atoms. The third-order valence-electron chi connectivity index (χ3n) is 5.41. The van der Waals surface area contributed by atoms with E-state index in [1.807, 2.05) is 0 Å². The molecule has 0 radical (unpaired) electrons. The average Bonchev–Trinajstić information content (AvgIpc) is 3.12. The van der Waals surface area contributed by atoms with Crippen molar-refractivity contribution in [3.63, 3.8) is 0 Å². The summed E-state index contributed by atoms with van der Waals surface area (Å²) in [5.41, 5.74) is -0.704. The highest BCUT2D eigenvalue weighted by atomic mass is 16.2. The molecular weight excluding hydrogens is 308 g/mol. The number of rotatable bonds is 6. The molecule has 2 fully saturated rings. The molecule has 2 heterocycles. The van der Waals surface area contributed by atoms with Crippen LogP contribution in [0.4, 0.5) is 4.79 Å². The van der Waals surface area contributed by atoms with Crippen LogP contribution in [0.3, 0.4) is 0 Å². The Balaban J connectivity index is 1.70. The zero-order valence-corrected chi connectivity index (χ0v) is 14.5. The fourth-order valence-electron chi connectivity index (χ4n) is 3.70. The van der Waals surface area contributed by atoms with E-state index in [9.17, 15) is 9.59 Å². The zero-order chi connectivity index (χ0) is 17.2. The highest BCUT2D eigenvalue weighted by Gasteiger charge is 2.52. The van der Waals surface area contributed by atoms with Crippen molar-refractivity contribution in [3.8, 4) is 0 Å². The van der Waals surface area contributed by atoms with E-state index in [0.717, 1.165) is 44.9 Å². The molecule has 1 aromatic heterocycles. The number of carbonyl (C=O) groups excluding carboxylic acids is 2. The van der Waals surface area contributed by atoms with Gasteiger partial charge in [0.25, 0.3) is 5.91 Å². The van der Waals surface area contributed by atoms with E-state index in [4.69, 9.17) is 0 Å². The third-order valence-corrected chi connectivity index (χ3v) is 5.41. The molecule has 0 bridgehead atoms. The molecule has 0 aromatic carbocycles. The van der Waals surface area contributed by atoms with Crippen LogP contribution in [0.15, 0.2) is 0 Å². The van der Waals surface area contributed by atoms with Crippen molar-refractivity contribution in [2.24, 2.45) is 5.92 Å². The standard InChI is InChI=1S/C16H26N6O2/c1-3-5-10-22-13(18-19-20-22)11-21-14(23)16(17-15(21)24)8-6-12(4-2)7-9-16/h12H,3-11H2,1-2H3,(H,17,24). The Morgan fingerprint density at radius 3 is 2.67 bits per heavy atom. The molecule has 24 heavy (non-hydrogen) atoms. The largest absolute Gasteiger partial charge is 0.325 e. The van der Waals surface area contributed by atoms with E-state index in [0.29, 0.717) is 18.3 Å². The molecule has 0 atom stereocenters. The van der Waals surface area contributed by atoms with Gasteiger partial charge >= 0.3 is 6.03 Å². The zero-order valence-electron chi connectivity index (χ0n) is 14.5. The lowest BCUT2D eigenvalue weighted by atomic mass is 9.75. The van der Waals surface area contributed by atoms with E-state index >= 15 is 0 Å². The van der Waals surface area contributed by atoms with Crippen LogP contribution in [0.2, 0.25) is 0 Å². The second-order valence-electron chi connectivity index (χ2n) is 6.93. The van der Waals surface area contributed by atoms with Gasteiger partial charge < -0.3 is 5.32 Å². The number of nitrogens with zero attached hydrogens (tertiary/aromatic N) is 5. The summed E-state index contributed by atoms with van der Waals surface area (Å²) in [5.74, 6) is 1.11. The lowest BCUT2D eigenvalue weighted by Gasteiger charge is -2.34. The summed E-state index contributed by atoms with van der Waals surface area (Å²) in [6.45, 7) is 5.12. The summed E-state index contributed by atoms with van der Waals surface area (Å²) >= 11 is 0. The number of imide groups is 1. The molecular formula is C16H26N6O2. The molecule has 0 unspecified atom stereocenters. The summed E-state index contributed by atoms with van der Waals surface area (Å²) in [7, 11) is 0. The average molecular weight is 334 g/mol. The van der Waals surface area contributed by atoms with E-state index < -0.39 is 5.54 Å². The maximum Gasteiger partial charge on any atom is 0.325 e. The Kier molecular flexibility index (Phi) is 4.82. The van der Waals surface area contributed by atoms with Gasteiger partial charge in [-0.15, -0.1) is 5.10 Å². The molecule has 1 aliphatic heterocycles. The number of hydrogen-bond donors (Lipinski definition) is 1. The third kappa shape index (κ3) is 3.01. The SMILES string of the molecule is CCCCn1nnnc1CN1C(=O)NC2(CCC(CC)CC2)C1=O. The van der Waals surface area contributed by atoms with Gasteiger partial charge in [0, 0.05) is 6.54 Å². The molecule has 132 valence electrons. The highest BCUT2D eigenvalue weighted by molar-refractivity contribution is 6.07. The van der Waals surface area contributed by atoms with Crippen molar-refractivity contribution in [2.75, 3.05) is 0 Å². The predicted molar refractivity (Wildman–Crippen MR) is 86.8 cm³/mol. The number of hydrogen-bond acceptors (Lipinski definition) is 5. The first-order chi connectivity index (χ1) is 11.6. The van der Waals surface area contributed by atoms with Gasteiger partial charge in [0.05, 0.1) is 6.54 Å². The predicted octanol–water partition coefficient (Wildman–Crippen LogP) is 1.86. The van der Waals surface area contributed by atoms with Crippen LogP contribution in [-0.2, 0) is 17.9 Å². The lowest BCUT2D eigenvalue weighted by molar-refractivity contribution is -0.133. The van der Waals surface area contributed by atoms with Crippen molar-refractivity contribution in [3.05, 3.63) is 5.82 Å². The molecule has 1 N–H and O–H groups in total. The molecule has 1 saturated carbocycles. The van der Waals surface area contributed by atoms with Crippen LogP contribution in [0.1, 0.15) is 64.6 Å². The monoisotopic (exact) mass is 334 g/mol.